The van der Waals surface area contributed by atoms with E-state index in [1.54, 1.807) is 6.08 Å². The predicted molar refractivity (Wildman–Crippen MR) is 41.3 cm³/mol. The van der Waals surface area contributed by atoms with Gasteiger partial charge in [-0.3, -0.25) is 0 Å². The van der Waals surface area contributed by atoms with Gasteiger partial charge in [0.1, 0.15) is 0 Å². The number of carbonyl (C=O) groups excluding carboxylic acids is 1. The lowest BCUT2D eigenvalue weighted by molar-refractivity contribution is -0.168. The first-order valence-electron chi connectivity index (χ1n) is 3.78. The number of hydrogen-bond donors (Lipinski definition) is 2. The number of carbonyl (C=O) groups is 1. The Kier molecular flexibility index (Phi) is 2.49. The Balaban J connectivity index is 2.86. The van der Waals surface area contributed by atoms with Gasteiger partial charge in [-0.25, -0.2) is 4.79 Å². The van der Waals surface area contributed by atoms with Crippen LogP contribution in [0.25, 0.3) is 0 Å². The smallest absolute Gasteiger partial charge is 0.344 e. The molecule has 2 atom stereocenters. The van der Waals surface area contributed by atoms with Crippen molar-refractivity contribution in [3.63, 3.8) is 0 Å². The van der Waals surface area contributed by atoms with Gasteiger partial charge in [-0.05, 0) is 18.9 Å². The molecule has 0 heterocycles. The quantitative estimate of drug-likeness (QED) is 0.417. The Morgan fingerprint density at radius 3 is 2.92 bits per heavy atom. The van der Waals surface area contributed by atoms with E-state index in [4.69, 9.17) is 0 Å². The molecular formula is C8H12O4. The monoisotopic (exact) mass is 172 g/mol. The summed E-state index contributed by atoms with van der Waals surface area (Å²) in [5, 5.41) is 18.9. The van der Waals surface area contributed by atoms with Crippen LogP contribution in [0.15, 0.2) is 12.2 Å². The molecule has 0 spiro atoms. The highest BCUT2D eigenvalue weighted by atomic mass is 16.5. The third-order valence-electron chi connectivity index (χ3n) is 2.00. The summed E-state index contributed by atoms with van der Waals surface area (Å²) < 4.78 is 4.36. The number of rotatable bonds is 1. The SMILES string of the molecule is COC(=O)[C@]1(O)C=CCC[C@H]1O. The Morgan fingerprint density at radius 1 is 1.75 bits per heavy atom. The van der Waals surface area contributed by atoms with Crippen LogP contribution in [0.2, 0.25) is 0 Å². The van der Waals surface area contributed by atoms with Crippen molar-refractivity contribution in [2.75, 3.05) is 7.11 Å². The number of methoxy groups -OCH3 is 1. The highest BCUT2D eigenvalue weighted by Crippen LogP contribution is 2.23. The van der Waals surface area contributed by atoms with Crippen LogP contribution in [-0.4, -0.2) is 35.0 Å². The lowest BCUT2D eigenvalue weighted by Gasteiger charge is -2.29. The maximum absolute atomic E-state index is 11.0. The van der Waals surface area contributed by atoms with Crippen molar-refractivity contribution in [3.8, 4) is 0 Å². The lowest BCUT2D eigenvalue weighted by atomic mass is 9.88. The molecule has 68 valence electrons. The number of esters is 1. The van der Waals surface area contributed by atoms with Crippen LogP contribution >= 0.6 is 0 Å². The van der Waals surface area contributed by atoms with Crippen molar-refractivity contribution in [2.24, 2.45) is 0 Å². The van der Waals surface area contributed by atoms with E-state index in [9.17, 15) is 15.0 Å². The Labute approximate surface area is 70.5 Å². The maximum atomic E-state index is 11.0. The van der Waals surface area contributed by atoms with Gasteiger partial charge >= 0.3 is 5.97 Å². The summed E-state index contributed by atoms with van der Waals surface area (Å²) in [6, 6.07) is 0. The van der Waals surface area contributed by atoms with Crippen molar-refractivity contribution in [1.82, 2.24) is 0 Å². The third-order valence-corrected chi connectivity index (χ3v) is 2.00. The van der Waals surface area contributed by atoms with Crippen LogP contribution in [0.1, 0.15) is 12.8 Å². The predicted octanol–water partition coefficient (Wildman–Crippen LogP) is -0.399. The van der Waals surface area contributed by atoms with Crippen molar-refractivity contribution in [3.05, 3.63) is 12.2 Å². The molecule has 4 heteroatoms. The first kappa shape index (κ1) is 9.22. The molecule has 0 aromatic carbocycles. The van der Waals surface area contributed by atoms with E-state index in [1.807, 2.05) is 0 Å². The van der Waals surface area contributed by atoms with E-state index in [0.29, 0.717) is 12.8 Å². The fourth-order valence-electron chi connectivity index (χ4n) is 1.22. The zero-order valence-corrected chi connectivity index (χ0v) is 6.86. The number of aliphatic hydroxyl groups excluding tert-OH is 1. The highest BCUT2D eigenvalue weighted by molar-refractivity contribution is 5.82. The molecule has 0 aromatic rings. The average Bonchev–Trinajstić information content (AvgIpc) is 2.09. The second-order valence-corrected chi connectivity index (χ2v) is 2.81. The summed E-state index contributed by atoms with van der Waals surface area (Å²) >= 11 is 0. The molecule has 1 aliphatic carbocycles. The Bertz CT molecular complexity index is 211. The summed E-state index contributed by atoms with van der Waals surface area (Å²) in [6.45, 7) is 0. The van der Waals surface area contributed by atoms with E-state index in [0.717, 1.165) is 0 Å². The van der Waals surface area contributed by atoms with Gasteiger partial charge in [0.15, 0.2) is 0 Å². The summed E-state index contributed by atoms with van der Waals surface area (Å²) in [4.78, 5) is 11.0. The molecule has 0 aromatic heterocycles. The van der Waals surface area contributed by atoms with Crippen molar-refractivity contribution < 1.29 is 19.7 Å². The molecule has 12 heavy (non-hydrogen) atoms. The van der Waals surface area contributed by atoms with E-state index < -0.39 is 17.7 Å². The molecule has 0 amide bonds. The summed E-state index contributed by atoms with van der Waals surface area (Å²) in [5.74, 6) is -0.814. The Morgan fingerprint density at radius 2 is 2.42 bits per heavy atom. The molecule has 0 bridgehead atoms. The summed E-state index contributed by atoms with van der Waals surface area (Å²) in [7, 11) is 1.18. The fourth-order valence-corrected chi connectivity index (χ4v) is 1.22. The lowest BCUT2D eigenvalue weighted by Crippen LogP contribution is -2.49. The largest absolute Gasteiger partial charge is 0.467 e. The van der Waals surface area contributed by atoms with Gasteiger partial charge in [-0.2, -0.15) is 0 Å². The standard InChI is InChI=1S/C8H12O4/c1-12-7(10)8(11)5-3-2-4-6(8)9/h3,5-6,9,11H,2,4H2,1H3/t6-,8+/m1/s1. The number of aliphatic hydroxyl groups is 2. The van der Waals surface area contributed by atoms with Crippen molar-refractivity contribution >= 4 is 5.97 Å². The molecule has 1 rings (SSSR count). The molecule has 0 saturated carbocycles. The van der Waals surface area contributed by atoms with E-state index >= 15 is 0 Å². The number of allylic oxidation sites excluding steroid dienone is 1. The van der Waals surface area contributed by atoms with E-state index in [-0.39, 0.29) is 0 Å². The molecular weight excluding hydrogens is 160 g/mol. The van der Waals surface area contributed by atoms with Gasteiger partial charge in [-0.15, -0.1) is 0 Å². The maximum Gasteiger partial charge on any atom is 0.344 e. The van der Waals surface area contributed by atoms with E-state index in [1.165, 1.54) is 13.2 Å². The molecule has 0 radical (unpaired) electrons. The van der Waals surface area contributed by atoms with Gasteiger partial charge in [-0.1, -0.05) is 6.08 Å². The summed E-state index contributed by atoms with van der Waals surface area (Å²) in [6.07, 6.45) is 2.93. The minimum absolute atomic E-state index is 0.377. The normalized spacial score (nSPS) is 34.8. The zero-order valence-electron chi connectivity index (χ0n) is 6.86. The zero-order chi connectivity index (χ0) is 9.19. The van der Waals surface area contributed by atoms with Gasteiger partial charge in [0.05, 0.1) is 13.2 Å². The van der Waals surface area contributed by atoms with E-state index in [2.05, 4.69) is 4.74 Å². The molecule has 2 N–H and O–H groups in total. The first-order valence-corrected chi connectivity index (χ1v) is 3.78. The van der Waals surface area contributed by atoms with Crippen molar-refractivity contribution in [1.29, 1.82) is 0 Å². The molecule has 0 unspecified atom stereocenters. The van der Waals surface area contributed by atoms with Crippen LogP contribution in [0.3, 0.4) is 0 Å². The highest BCUT2D eigenvalue weighted by Gasteiger charge is 2.43. The molecule has 0 fully saturated rings. The number of hydrogen-bond acceptors (Lipinski definition) is 4. The third kappa shape index (κ3) is 1.35. The second kappa shape index (κ2) is 3.25. The first-order chi connectivity index (χ1) is 5.61. The van der Waals surface area contributed by atoms with Crippen LogP contribution in [0, 0.1) is 0 Å². The second-order valence-electron chi connectivity index (χ2n) is 2.81. The average molecular weight is 172 g/mol. The Hall–Kier alpha value is -0.870. The molecule has 0 aliphatic heterocycles. The van der Waals surface area contributed by atoms with Crippen LogP contribution in [-0.2, 0) is 9.53 Å². The topological polar surface area (TPSA) is 66.8 Å². The fraction of sp³-hybridized carbons (Fsp3) is 0.625. The molecule has 1 aliphatic rings. The van der Waals surface area contributed by atoms with Gasteiger partial charge in [0.25, 0.3) is 0 Å². The minimum Gasteiger partial charge on any atom is -0.467 e. The van der Waals surface area contributed by atoms with Crippen LogP contribution in [0.4, 0.5) is 0 Å². The van der Waals surface area contributed by atoms with Crippen molar-refractivity contribution in [2.45, 2.75) is 24.5 Å². The van der Waals surface area contributed by atoms with Crippen LogP contribution < -0.4 is 0 Å². The van der Waals surface area contributed by atoms with Gasteiger partial charge < -0.3 is 14.9 Å². The molecule has 0 saturated heterocycles. The van der Waals surface area contributed by atoms with Crippen LogP contribution in [0.5, 0.6) is 0 Å². The minimum atomic E-state index is -1.84. The summed E-state index contributed by atoms with van der Waals surface area (Å²) in [5.41, 5.74) is -1.84. The molecule has 4 nitrogen and oxygen atoms in total. The number of ether oxygens (including phenoxy) is 1. The van der Waals surface area contributed by atoms with Gasteiger partial charge in [0.2, 0.25) is 5.60 Å². The van der Waals surface area contributed by atoms with Gasteiger partial charge in [0, 0.05) is 0 Å².